The highest BCUT2D eigenvalue weighted by Crippen LogP contribution is 2.32. The van der Waals surface area contributed by atoms with E-state index in [2.05, 4.69) is 5.32 Å². The van der Waals surface area contributed by atoms with E-state index in [9.17, 15) is 8.78 Å². The van der Waals surface area contributed by atoms with Gasteiger partial charge in [-0.1, -0.05) is 6.92 Å². The predicted octanol–water partition coefficient (Wildman–Crippen LogP) is 4.34. The van der Waals surface area contributed by atoms with E-state index in [-0.39, 0.29) is 11.9 Å². The van der Waals surface area contributed by atoms with E-state index in [0.717, 1.165) is 10.9 Å². The van der Waals surface area contributed by atoms with Crippen LogP contribution in [0.5, 0.6) is 0 Å². The third-order valence-electron chi connectivity index (χ3n) is 3.15. The maximum Gasteiger partial charge on any atom is 0.128 e. The van der Waals surface area contributed by atoms with Gasteiger partial charge in [0.05, 0.1) is 6.04 Å². The van der Waals surface area contributed by atoms with Crippen molar-refractivity contribution >= 4 is 11.3 Å². The molecule has 2 rings (SSSR count). The largest absolute Gasteiger partial charge is 0.306 e. The summed E-state index contributed by atoms with van der Waals surface area (Å²) in [7, 11) is 0. The number of halogens is 2. The lowest BCUT2D eigenvalue weighted by Gasteiger charge is -2.17. The van der Waals surface area contributed by atoms with Crippen molar-refractivity contribution < 1.29 is 8.78 Å². The van der Waals surface area contributed by atoms with Gasteiger partial charge in [-0.2, -0.15) is 0 Å². The Hall–Kier alpha value is -1.26. The highest BCUT2D eigenvalue weighted by Gasteiger charge is 2.20. The summed E-state index contributed by atoms with van der Waals surface area (Å²) in [6, 6.07) is 5.35. The molecule has 0 spiro atoms. The normalized spacial score (nSPS) is 12.7. The molecule has 1 aromatic carbocycles. The maximum atomic E-state index is 13.9. The monoisotopic (exact) mass is 281 g/mol. The van der Waals surface area contributed by atoms with Crippen LogP contribution in [0.2, 0.25) is 0 Å². The minimum Gasteiger partial charge on any atom is -0.306 e. The Morgan fingerprint density at radius 3 is 2.53 bits per heavy atom. The molecule has 0 saturated heterocycles. The van der Waals surface area contributed by atoms with Crippen molar-refractivity contribution in [2.24, 2.45) is 0 Å². The Morgan fingerprint density at radius 1 is 1.21 bits per heavy atom. The van der Waals surface area contributed by atoms with Gasteiger partial charge in [-0.15, -0.1) is 11.3 Å². The Labute approximate surface area is 116 Å². The minimum absolute atomic E-state index is 0.293. The summed E-state index contributed by atoms with van der Waals surface area (Å²) >= 11 is 1.62. The molecule has 102 valence electrons. The molecule has 0 radical (unpaired) electrons. The molecule has 19 heavy (non-hydrogen) atoms. The van der Waals surface area contributed by atoms with Crippen LogP contribution in [0, 0.1) is 25.5 Å². The molecule has 0 saturated carbocycles. The first-order valence-electron chi connectivity index (χ1n) is 6.28. The van der Waals surface area contributed by atoms with Crippen molar-refractivity contribution in [1.82, 2.24) is 5.32 Å². The molecule has 0 aliphatic carbocycles. The van der Waals surface area contributed by atoms with Crippen LogP contribution >= 0.6 is 11.3 Å². The van der Waals surface area contributed by atoms with Gasteiger partial charge < -0.3 is 5.32 Å². The molecular weight excluding hydrogens is 264 g/mol. The van der Waals surface area contributed by atoms with E-state index >= 15 is 0 Å². The van der Waals surface area contributed by atoms with Gasteiger partial charge in [0.2, 0.25) is 0 Å². The lowest BCUT2D eigenvalue weighted by molar-refractivity contribution is 0.548. The number of aryl methyl sites for hydroxylation is 2. The summed E-state index contributed by atoms with van der Waals surface area (Å²) in [6.45, 7) is 6.71. The Bertz CT molecular complexity index is 558. The zero-order chi connectivity index (χ0) is 14.0. The first-order valence-corrected chi connectivity index (χ1v) is 7.09. The fourth-order valence-corrected chi connectivity index (χ4v) is 3.19. The lowest BCUT2D eigenvalue weighted by Crippen LogP contribution is -2.22. The van der Waals surface area contributed by atoms with Crippen molar-refractivity contribution in [3.05, 3.63) is 56.8 Å². The molecule has 0 bridgehead atoms. The molecule has 1 atom stereocenters. The minimum atomic E-state index is -0.413. The molecule has 1 heterocycles. The van der Waals surface area contributed by atoms with E-state index in [0.29, 0.717) is 12.1 Å². The standard InChI is InChI=1S/C15H17F2NS/c1-4-18-15(14-7-9(2)10(3)19-14)12-8-11(16)5-6-13(12)17/h5-8,15,18H,4H2,1-3H3. The maximum absolute atomic E-state index is 13.9. The third kappa shape index (κ3) is 3.01. The quantitative estimate of drug-likeness (QED) is 0.879. The number of benzene rings is 1. The molecule has 2 aromatic rings. The third-order valence-corrected chi connectivity index (χ3v) is 4.36. The van der Waals surface area contributed by atoms with Gasteiger partial charge in [-0.05, 0) is 50.2 Å². The second-order valence-electron chi connectivity index (χ2n) is 4.54. The van der Waals surface area contributed by atoms with Gasteiger partial charge >= 0.3 is 0 Å². The highest BCUT2D eigenvalue weighted by atomic mass is 32.1. The Kier molecular flexibility index (Phi) is 4.32. The predicted molar refractivity (Wildman–Crippen MR) is 75.7 cm³/mol. The fraction of sp³-hybridized carbons (Fsp3) is 0.333. The molecule has 1 N–H and O–H groups in total. The summed E-state index contributed by atoms with van der Waals surface area (Å²) in [5.74, 6) is -0.791. The average molecular weight is 281 g/mol. The lowest BCUT2D eigenvalue weighted by atomic mass is 10.0. The molecule has 1 aromatic heterocycles. The van der Waals surface area contributed by atoms with Gasteiger partial charge in [0.1, 0.15) is 11.6 Å². The zero-order valence-electron chi connectivity index (χ0n) is 11.3. The Morgan fingerprint density at radius 2 is 1.95 bits per heavy atom. The van der Waals surface area contributed by atoms with E-state index in [1.165, 1.54) is 22.6 Å². The van der Waals surface area contributed by atoms with Crippen molar-refractivity contribution in [2.75, 3.05) is 6.54 Å². The van der Waals surface area contributed by atoms with Crippen molar-refractivity contribution in [1.29, 1.82) is 0 Å². The summed E-state index contributed by atoms with van der Waals surface area (Å²) in [5, 5.41) is 3.23. The average Bonchev–Trinajstić information content (AvgIpc) is 2.70. The molecule has 1 unspecified atom stereocenters. The topological polar surface area (TPSA) is 12.0 Å². The van der Waals surface area contributed by atoms with E-state index in [4.69, 9.17) is 0 Å². The van der Waals surface area contributed by atoms with E-state index < -0.39 is 5.82 Å². The fourth-order valence-electron chi connectivity index (χ4n) is 2.05. The van der Waals surface area contributed by atoms with Crippen molar-refractivity contribution in [3.8, 4) is 0 Å². The van der Waals surface area contributed by atoms with Gasteiger partial charge in [-0.25, -0.2) is 8.78 Å². The first-order chi connectivity index (χ1) is 9.02. The Balaban J connectivity index is 2.47. The molecular formula is C15H17F2NS. The smallest absolute Gasteiger partial charge is 0.128 e. The summed E-state index contributed by atoms with van der Waals surface area (Å²) in [5.41, 5.74) is 1.54. The van der Waals surface area contributed by atoms with E-state index in [1.807, 2.05) is 26.8 Å². The van der Waals surface area contributed by atoms with Gasteiger partial charge in [-0.3, -0.25) is 0 Å². The molecule has 0 fully saturated rings. The zero-order valence-corrected chi connectivity index (χ0v) is 12.1. The van der Waals surface area contributed by atoms with Crippen LogP contribution < -0.4 is 5.32 Å². The van der Waals surface area contributed by atoms with E-state index in [1.54, 1.807) is 11.3 Å². The van der Waals surface area contributed by atoms with Gasteiger partial charge in [0.15, 0.2) is 0 Å². The van der Waals surface area contributed by atoms with Crippen molar-refractivity contribution in [2.45, 2.75) is 26.8 Å². The van der Waals surface area contributed by atoms with Crippen LogP contribution in [0.25, 0.3) is 0 Å². The molecule has 0 aliphatic heterocycles. The van der Waals surface area contributed by atoms with Crippen LogP contribution in [-0.2, 0) is 0 Å². The number of thiophene rings is 1. The second-order valence-corrected chi connectivity index (χ2v) is 5.83. The molecule has 1 nitrogen and oxygen atoms in total. The van der Waals surface area contributed by atoms with Crippen LogP contribution in [0.15, 0.2) is 24.3 Å². The summed E-state index contributed by atoms with van der Waals surface area (Å²) < 4.78 is 27.3. The number of hydrogen-bond acceptors (Lipinski definition) is 2. The SMILES string of the molecule is CCNC(c1cc(C)c(C)s1)c1cc(F)ccc1F. The highest BCUT2D eigenvalue weighted by molar-refractivity contribution is 7.12. The molecule has 0 amide bonds. The van der Waals surface area contributed by atoms with Crippen LogP contribution in [-0.4, -0.2) is 6.54 Å². The number of hydrogen-bond donors (Lipinski definition) is 1. The first kappa shape index (κ1) is 14.2. The van der Waals surface area contributed by atoms with Crippen LogP contribution in [0.3, 0.4) is 0 Å². The van der Waals surface area contributed by atoms with Gasteiger partial charge in [0, 0.05) is 15.3 Å². The molecule has 4 heteroatoms. The van der Waals surface area contributed by atoms with Crippen LogP contribution in [0.4, 0.5) is 8.78 Å². The van der Waals surface area contributed by atoms with Crippen LogP contribution in [0.1, 0.15) is 33.8 Å². The number of nitrogens with one attached hydrogen (secondary N) is 1. The van der Waals surface area contributed by atoms with Gasteiger partial charge in [0.25, 0.3) is 0 Å². The van der Waals surface area contributed by atoms with Crippen molar-refractivity contribution in [3.63, 3.8) is 0 Å². The summed E-state index contributed by atoms with van der Waals surface area (Å²) in [6.07, 6.45) is 0. The summed E-state index contributed by atoms with van der Waals surface area (Å²) in [4.78, 5) is 2.22. The molecule has 0 aliphatic rings. The number of rotatable bonds is 4. The second kappa shape index (κ2) is 5.80.